The zero-order chi connectivity index (χ0) is 20.5. The molecule has 0 radical (unpaired) electrons. The van der Waals surface area contributed by atoms with Crippen LogP contribution in [0.4, 0.5) is 4.39 Å². The summed E-state index contributed by atoms with van der Waals surface area (Å²) in [7, 11) is -3.77. The van der Waals surface area contributed by atoms with E-state index in [4.69, 9.17) is 0 Å². The van der Waals surface area contributed by atoms with Crippen LogP contribution >= 0.6 is 15.9 Å². The molecule has 9 heteroatoms. The van der Waals surface area contributed by atoms with E-state index in [0.29, 0.717) is 11.0 Å². The number of rotatable bonds is 7. The summed E-state index contributed by atoms with van der Waals surface area (Å²) in [6, 6.07) is 11.2. The highest BCUT2D eigenvalue weighted by Crippen LogP contribution is 2.33. The second-order valence-electron chi connectivity index (χ2n) is 6.27. The standard InChI is InChI=1S/C19H18BrFN2O4S/c1-12(19(24)25)23-17-5-3-2-4-15(17)16(18(23)20)10-11-22-28(26,27)14-8-6-13(21)7-9-14/h2-9,12,22H,10-11H2,1H3,(H,24,25). The highest BCUT2D eigenvalue weighted by atomic mass is 79.9. The summed E-state index contributed by atoms with van der Waals surface area (Å²) in [5.74, 6) is -1.48. The van der Waals surface area contributed by atoms with E-state index in [0.717, 1.165) is 28.6 Å². The van der Waals surface area contributed by atoms with E-state index >= 15 is 0 Å². The van der Waals surface area contributed by atoms with Crippen molar-refractivity contribution in [2.24, 2.45) is 0 Å². The summed E-state index contributed by atoms with van der Waals surface area (Å²) in [5.41, 5.74) is 1.56. The lowest BCUT2D eigenvalue weighted by Crippen LogP contribution is -2.26. The number of carboxylic acid groups (broad SMARTS) is 1. The molecule has 0 amide bonds. The van der Waals surface area contributed by atoms with Crippen molar-refractivity contribution < 1.29 is 22.7 Å². The minimum Gasteiger partial charge on any atom is -0.480 e. The number of aliphatic carboxylic acids is 1. The van der Waals surface area contributed by atoms with Crippen LogP contribution < -0.4 is 4.72 Å². The largest absolute Gasteiger partial charge is 0.480 e. The van der Waals surface area contributed by atoms with Gasteiger partial charge in [0.1, 0.15) is 11.9 Å². The van der Waals surface area contributed by atoms with Gasteiger partial charge in [0.05, 0.1) is 15.0 Å². The molecule has 1 aromatic heterocycles. The van der Waals surface area contributed by atoms with Crippen LogP contribution in [0.1, 0.15) is 18.5 Å². The molecule has 2 aromatic carbocycles. The molecule has 28 heavy (non-hydrogen) atoms. The number of hydrogen-bond donors (Lipinski definition) is 2. The summed E-state index contributed by atoms with van der Waals surface area (Å²) in [5, 5.41) is 10.2. The molecule has 1 atom stereocenters. The maximum atomic E-state index is 13.0. The lowest BCUT2D eigenvalue weighted by Gasteiger charge is -2.12. The van der Waals surface area contributed by atoms with E-state index in [-0.39, 0.29) is 11.4 Å². The van der Waals surface area contributed by atoms with Crippen molar-refractivity contribution in [3.8, 4) is 0 Å². The monoisotopic (exact) mass is 468 g/mol. The average Bonchev–Trinajstić information content (AvgIpc) is 2.93. The fraction of sp³-hybridized carbons (Fsp3) is 0.211. The summed E-state index contributed by atoms with van der Waals surface area (Å²) in [4.78, 5) is 11.5. The molecule has 0 fully saturated rings. The van der Waals surface area contributed by atoms with Crippen LogP contribution in [-0.4, -0.2) is 30.6 Å². The Hall–Kier alpha value is -2.23. The number of benzene rings is 2. The number of carboxylic acids is 1. The first-order chi connectivity index (χ1) is 13.2. The lowest BCUT2D eigenvalue weighted by molar-refractivity contribution is -0.140. The number of nitrogens with one attached hydrogen (secondary N) is 1. The Kier molecular flexibility index (Phi) is 5.87. The van der Waals surface area contributed by atoms with Gasteiger partial charge >= 0.3 is 5.97 Å². The average molecular weight is 469 g/mol. The van der Waals surface area contributed by atoms with Gasteiger partial charge in [-0.05, 0) is 65.2 Å². The van der Waals surface area contributed by atoms with Gasteiger partial charge in [-0.3, -0.25) is 0 Å². The Morgan fingerprint density at radius 1 is 1.21 bits per heavy atom. The summed E-state index contributed by atoms with van der Waals surface area (Å²) in [6.07, 6.45) is 0.348. The second-order valence-corrected chi connectivity index (χ2v) is 8.79. The number of hydrogen-bond acceptors (Lipinski definition) is 3. The first kappa shape index (κ1) is 20.5. The smallest absolute Gasteiger partial charge is 0.326 e. The number of fused-ring (bicyclic) bond motifs is 1. The van der Waals surface area contributed by atoms with Crippen LogP contribution in [0.25, 0.3) is 10.9 Å². The third-order valence-electron chi connectivity index (χ3n) is 4.48. The van der Waals surface area contributed by atoms with Crippen molar-refractivity contribution in [2.75, 3.05) is 6.54 Å². The molecule has 148 valence electrons. The van der Waals surface area contributed by atoms with Gasteiger partial charge in [-0.15, -0.1) is 0 Å². The molecular weight excluding hydrogens is 451 g/mol. The van der Waals surface area contributed by atoms with Crippen LogP contribution in [0.5, 0.6) is 0 Å². The molecule has 0 saturated heterocycles. The highest BCUT2D eigenvalue weighted by Gasteiger charge is 2.23. The van der Waals surface area contributed by atoms with E-state index < -0.39 is 27.9 Å². The molecule has 3 aromatic rings. The molecule has 1 unspecified atom stereocenters. The van der Waals surface area contributed by atoms with Gasteiger partial charge < -0.3 is 9.67 Å². The van der Waals surface area contributed by atoms with E-state index in [1.54, 1.807) is 11.5 Å². The molecule has 0 spiro atoms. The third kappa shape index (κ3) is 3.96. The van der Waals surface area contributed by atoms with E-state index in [9.17, 15) is 22.7 Å². The van der Waals surface area contributed by atoms with Crippen molar-refractivity contribution in [2.45, 2.75) is 24.3 Å². The Morgan fingerprint density at radius 3 is 2.50 bits per heavy atom. The van der Waals surface area contributed by atoms with E-state index in [1.165, 1.54) is 12.1 Å². The molecule has 0 aliphatic carbocycles. The van der Waals surface area contributed by atoms with Gasteiger partial charge in [-0.2, -0.15) is 0 Å². The highest BCUT2D eigenvalue weighted by molar-refractivity contribution is 9.10. The van der Waals surface area contributed by atoms with Gasteiger partial charge in [-0.25, -0.2) is 22.3 Å². The number of halogens is 2. The Labute approximate surface area is 170 Å². The molecule has 0 aliphatic heterocycles. The van der Waals surface area contributed by atoms with Crippen molar-refractivity contribution in [1.29, 1.82) is 0 Å². The van der Waals surface area contributed by atoms with Gasteiger partial charge in [0, 0.05) is 11.9 Å². The van der Waals surface area contributed by atoms with Gasteiger partial charge in [-0.1, -0.05) is 18.2 Å². The summed E-state index contributed by atoms with van der Waals surface area (Å²) < 4.78 is 42.5. The number of aromatic nitrogens is 1. The first-order valence-corrected chi connectivity index (χ1v) is 10.8. The first-order valence-electron chi connectivity index (χ1n) is 8.47. The normalized spacial score (nSPS) is 13.0. The van der Waals surface area contributed by atoms with Crippen molar-refractivity contribution in [3.05, 3.63) is 64.5 Å². The van der Waals surface area contributed by atoms with Crippen LogP contribution in [0, 0.1) is 5.82 Å². The zero-order valence-corrected chi connectivity index (χ0v) is 17.3. The zero-order valence-electron chi connectivity index (χ0n) is 14.9. The minimum atomic E-state index is -3.77. The van der Waals surface area contributed by atoms with E-state index in [2.05, 4.69) is 20.7 Å². The van der Waals surface area contributed by atoms with Crippen LogP contribution in [0.15, 0.2) is 58.0 Å². The maximum absolute atomic E-state index is 13.0. The maximum Gasteiger partial charge on any atom is 0.326 e. The molecule has 6 nitrogen and oxygen atoms in total. The molecule has 2 N–H and O–H groups in total. The summed E-state index contributed by atoms with van der Waals surface area (Å²) >= 11 is 3.48. The minimum absolute atomic E-state index is 0.0186. The number of nitrogens with zero attached hydrogens (tertiary/aromatic N) is 1. The molecular formula is C19H18BrFN2O4S. The third-order valence-corrected chi connectivity index (χ3v) is 6.82. The van der Waals surface area contributed by atoms with Crippen molar-refractivity contribution in [3.63, 3.8) is 0 Å². The Balaban J connectivity index is 1.86. The Morgan fingerprint density at radius 2 is 1.86 bits per heavy atom. The number of para-hydroxylation sites is 1. The van der Waals surface area contributed by atoms with Gasteiger partial charge in [0.25, 0.3) is 0 Å². The van der Waals surface area contributed by atoms with Gasteiger partial charge in [0.2, 0.25) is 10.0 Å². The fourth-order valence-electron chi connectivity index (χ4n) is 3.04. The number of carbonyl (C=O) groups is 1. The summed E-state index contributed by atoms with van der Waals surface area (Å²) in [6.45, 7) is 1.69. The predicted molar refractivity (Wildman–Crippen MR) is 107 cm³/mol. The lowest BCUT2D eigenvalue weighted by atomic mass is 10.1. The molecule has 3 rings (SSSR count). The molecule has 0 aliphatic rings. The van der Waals surface area contributed by atoms with Crippen molar-refractivity contribution >= 4 is 42.8 Å². The second kappa shape index (κ2) is 8.02. The van der Waals surface area contributed by atoms with E-state index in [1.807, 2.05) is 24.3 Å². The predicted octanol–water partition coefficient (Wildman–Crippen LogP) is 3.71. The van der Waals surface area contributed by atoms with Crippen LogP contribution in [-0.2, 0) is 21.2 Å². The van der Waals surface area contributed by atoms with Crippen molar-refractivity contribution in [1.82, 2.24) is 9.29 Å². The van der Waals surface area contributed by atoms with Crippen LogP contribution in [0.2, 0.25) is 0 Å². The fourth-order valence-corrected chi connectivity index (χ4v) is 4.98. The molecule has 1 heterocycles. The molecule has 0 bridgehead atoms. The number of sulfonamides is 1. The van der Waals surface area contributed by atoms with Gasteiger partial charge in [0.15, 0.2) is 0 Å². The topological polar surface area (TPSA) is 88.4 Å². The SMILES string of the molecule is CC(C(=O)O)n1c(Br)c(CCNS(=O)(=O)c2ccc(F)cc2)c2ccccc21. The molecule has 0 saturated carbocycles. The Bertz CT molecular complexity index is 1130. The van der Waals surface area contributed by atoms with Crippen LogP contribution in [0.3, 0.4) is 0 Å². The quantitative estimate of drug-likeness (QED) is 0.553.